The van der Waals surface area contributed by atoms with Crippen molar-refractivity contribution >= 4 is 40.0 Å². The zero-order chi connectivity index (χ0) is 26.0. The summed E-state index contributed by atoms with van der Waals surface area (Å²) in [5, 5.41) is 4.54. The van der Waals surface area contributed by atoms with E-state index in [2.05, 4.69) is 135 Å². The lowest BCUT2D eigenvalue weighted by Gasteiger charge is -2.23. The van der Waals surface area contributed by atoms with Crippen molar-refractivity contribution in [1.82, 2.24) is 0 Å². The molecule has 0 unspecified atom stereocenters. The van der Waals surface area contributed by atoms with Crippen LogP contribution in [0, 0.1) is 0 Å². The molecule has 0 aliphatic rings. The van der Waals surface area contributed by atoms with Gasteiger partial charge in [-0.25, -0.2) is 0 Å². The van der Waals surface area contributed by atoms with Gasteiger partial charge in [-0.2, -0.15) is 0 Å². The van der Waals surface area contributed by atoms with Crippen LogP contribution in [0.4, 0.5) is 5.69 Å². The second-order valence-corrected chi connectivity index (χ2v) is 10.3. The summed E-state index contributed by atoms with van der Waals surface area (Å²) in [4.78, 5) is 4.45. The lowest BCUT2D eigenvalue weighted by Crippen LogP contribution is -2.14. The highest BCUT2D eigenvalue weighted by Crippen LogP contribution is 2.30. The van der Waals surface area contributed by atoms with Gasteiger partial charge in [0.1, 0.15) is 0 Å². The molecular formula is C33H37NS2. The fourth-order valence-electron chi connectivity index (χ4n) is 3.38. The van der Waals surface area contributed by atoms with Gasteiger partial charge in [-0.3, -0.25) is 0 Å². The molecule has 0 atom stereocenters. The van der Waals surface area contributed by atoms with E-state index in [1.807, 2.05) is 30.8 Å². The second kappa shape index (κ2) is 17.3. The number of thioether (sulfide) groups is 2. The number of hydrogen-bond acceptors (Lipinski definition) is 3. The standard InChI is InChI=1S/C33H37NS2/c1-6-9-23-31(7-2)34(33-25-18-22-30-21-13-14-24-32(30)33)26-16-15-20-29(5)36-28(4)19-12-10-11-17-27-35-8-3/h6-7,9-11,13-27H,1,5,8,12H2,2-4H3/b11-10-,20-15-,23-9-,26-16+,27-17+,28-19+,31-7+. The van der Waals surface area contributed by atoms with Gasteiger partial charge in [-0.05, 0) is 66.0 Å². The van der Waals surface area contributed by atoms with Gasteiger partial charge in [0.25, 0.3) is 0 Å². The van der Waals surface area contributed by atoms with Gasteiger partial charge in [0.05, 0.1) is 5.69 Å². The highest BCUT2D eigenvalue weighted by Gasteiger charge is 2.09. The molecule has 0 saturated carbocycles. The third-order valence-electron chi connectivity index (χ3n) is 5.05. The zero-order valence-corrected chi connectivity index (χ0v) is 23.3. The Labute approximate surface area is 226 Å². The average molecular weight is 512 g/mol. The van der Waals surface area contributed by atoms with Crippen LogP contribution >= 0.6 is 23.5 Å². The fourth-order valence-corrected chi connectivity index (χ4v) is 4.51. The molecular weight excluding hydrogens is 475 g/mol. The molecule has 1 nitrogen and oxygen atoms in total. The van der Waals surface area contributed by atoms with Crippen molar-refractivity contribution in [3.05, 3.63) is 150 Å². The Morgan fingerprint density at radius 2 is 1.78 bits per heavy atom. The molecule has 3 heteroatoms. The quantitative estimate of drug-likeness (QED) is 0.232. The van der Waals surface area contributed by atoms with Crippen molar-refractivity contribution in [2.45, 2.75) is 27.2 Å². The molecule has 0 radical (unpaired) electrons. The number of nitrogens with zero attached hydrogens (tertiary/aromatic N) is 1. The minimum Gasteiger partial charge on any atom is -0.317 e. The molecule has 0 aromatic heterocycles. The summed E-state index contributed by atoms with van der Waals surface area (Å²) in [6, 6.07) is 14.9. The lowest BCUT2D eigenvalue weighted by atomic mass is 10.1. The SMILES string of the molecule is C=C/C=C\C(=C/C)N(/C=C/C=C\C(=C)S/C(C)=C/C/C=C\C=C\SCC)c1cccc2ccccc12. The monoisotopic (exact) mass is 511 g/mol. The molecule has 0 N–H and O–H groups in total. The highest BCUT2D eigenvalue weighted by atomic mass is 32.2. The fraction of sp³-hybridized carbons (Fsp3) is 0.152. The normalized spacial score (nSPS) is 13.3. The predicted octanol–water partition coefficient (Wildman–Crippen LogP) is 10.7. The van der Waals surface area contributed by atoms with Crippen LogP contribution in [0.15, 0.2) is 150 Å². The molecule has 0 aliphatic carbocycles. The highest BCUT2D eigenvalue weighted by molar-refractivity contribution is 8.06. The summed E-state index contributed by atoms with van der Waals surface area (Å²) in [5.74, 6) is 1.11. The van der Waals surface area contributed by atoms with Gasteiger partial charge in [-0.15, -0.1) is 11.8 Å². The minimum atomic E-state index is 0.918. The van der Waals surface area contributed by atoms with Crippen molar-refractivity contribution < 1.29 is 0 Å². The van der Waals surface area contributed by atoms with Crippen molar-refractivity contribution in [2.24, 2.45) is 0 Å². The Kier molecular flexibility index (Phi) is 14.0. The molecule has 0 saturated heterocycles. The van der Waals surface area contributed by atoms with Gasteiger partial charge < -0.3 is 4.90 Å². The molecule has 0 fully saturated rings. The molecule has 2 aromatic rings. The summed E-state index contributed by atoms with van der Waals surface area (Å²) < 4.78 is 0. The summed E-state index contributed by atoms with van der Waals surface area (Å²) in [6.45, 7) is 14.4. The van der Waals surface area contributed by atoms with Crippen LogP contribution in [0.5, 0.6) is 0 Å². The maximum atomic E-state index is 4.20. The van der Waals surface area contributed by atoms with Gasteiger partial charge in [0, 0.05) is 22.2 Å². The summed E-state index contributed by atoms with van der Waals surface area (Å²) in [5.41, 5.74) is 2.20. The third-order valence-corrected chi connectivity index (χ3v) is 6.62. The number of hydrogen-bond donors (Lipinski definition) is 0. The van der Waals surface area contributed by atoms with E-state index in [1.54, 1.807) is 17.8 Å². The van der Waals surface area contributed by atoms with Crippen LogP contribution in [0.2, 0.25) is 0 Å². The molecule has 2 rings (SSSR count). The smallest absolute Gasteiger partial charge is 0.0533 e. The largest absolute Gasteiger partial charge is 0.317 e. The molecule has 0 heterocycles. The minimum absolute atomic E-state index is 0.918. The van der Waals surface area contributed by atoms with Crippen LogP contribution in [0.1, 0.15) is 27.2 Å². The number of anilines is 1. The number of fused-ring (bicyclic) bond motifs is 1. The van der Waals surface area contributed by atoms with Crippen LogP contribution < -0.4 is 4.90 Å². The molecule has 0 spiro atoms. The lowest BCUT2D eigenvalue weighted by molar-refractivity contribution is 1.20. The third kappa shape index (κ3) is 10.2. The van der Waals surface area contributed by atoms with Crippen molar-refractivity contribution in [2.75, 3.05) is 10.7 Å². The van der Waals surface area contributed by atoms with E-state index >= 15 is 0 Å². The maximum absolute atomic E-state index is 4.20. The second-order valence-electron chi connectivity index (χ2n) is 7.71. The number of benzene rings is 2. The first kappa shape index (κ1) is 29.1. The zero-order valence-electron chi connectivity index (χ0n) is 21.6. The van der Waals surface area contributed by atoms with Crippen LogP contribution in [-0.2, 0) is 0 Å². The van der Waals surface area contributed by atoms with E-state index in [4.69, 9.17) is 0 Å². The first-order valence-corrected chi connectivity index (χ1v) is 14.0. The first-order chi connectivity index (χ1) is 17.6. The number of allylic oxidation sites excluding steroid dienone is 12. The maximum Gasteiger partial charge on any atom is 0.0533 e. The molecule has 0 amide bonds. The summed E-state index contributed by atoms with van der Waals surface area (Å²) in [6.07, 6.45) is 25.7. The Morgan fingerprint density at radius 1 is 0.972 bits per heavy atom. The molecule has 0 bridgehead atoms. The summed E-state index contributed by atoms with van der Waals surface area (Å²) in [7, 11) is 0. The van der Waals surface area contributed by atoms with Gasteiger partial charge in [0.15, 0.2) is 0 Å². The molecule has 186 valence electrons. The topological polar surface area (TPSA) is 3.24 Å². The van der Waals surface area contributed by atoms with Crippen molar-refractivity contribution in [3.8, 4) is 0 Å². The van der Waals surface area contributed by atoms with E-state index in [1.165, 1.54) is 15.7 Å². The van der Waals surface area contributed by atoms with Gasteiger partial charge >= 0.3 is 0 Å². The molecule has 36 heavy (non-hydrogen) atoms. The van der Waals surface area contributed by atoms with Crippen molar-refractivity contribution in [3.63, 3.8) is 0 Å². The first-order valence-electron chi connectivity index (χ1n) is 12.1. The Hall–Kier alpha value is -3.14. The van der Waals surface area contributed by atoms with E-state index in [0.29, 0.717) is 0 Å². The Morgan fingerprint density at radius 3 is 2.56 bits per heavy atom. The van der Waals surface area contributed by atoms with E-state index in [0.717, 1.165) is 28.5 Å². The Balaban J connectivity index is 2.12. The van der Waals surface area contributed by atoms with Gasteiger partial charge in [0.2, 0.25) is 0 Å². The van der Waals surface area contributed by atoms with Crippen molar-refractivity contribution in [1.29, 1.82) is 0 Å². The van der Waals surface area contributed by atoms with E-state index in [-0.39, 0.29) is 0 Å². The summed E-state index contributed by atoms with van der Waals surface area (Å²) >= 11 is 3.50. The van der Waals surface area contributed by atoms with Crippen LogP contribution in [0.25, 0.3) is 10.8 Å². The van der Waals surface area contributed by atoms with Gasteiger partial charge in [-0.1, -0.05) is 117 Å². The van der Waals surface area contributed by atoms with E-state index in [9.17, 15) is 0 Å². The Bertz CT molecular complexity index is 1200. The number of rotatable bonds is 14. The molecule has 2 aromatic carbocycles. The molecule has 0 aliphatic heterocycles. The van der Waals surface area contributed by atoms with Crippen LogP contribution in [0.3, 0.4) is 0 Å². The van der Waals surface area contributed by atoms with E-state index < -0.39 is 0 Å². The average Bonchev–Trinajstić information content (AvgIpc) is 2.89. The van der Waals surface area contributed by atoms with Crippen LogP contribution in [-0.4, -0.2) is 5.75 Å². The predicted molar refractivity (Wildman–Crippen MR) is 169 cm³/mol.